The van der Waals surface area contributed by atoms with Gasteiger partial charge in [-0.2, -0.15) is 0 Å². The van der Waals surface area contributed by atoms with E-state index in [1.54, 1.807) is 0 Å². The molecule has 0 saturated carbocycles. The number of unbranched alkanes of at least 4 members (excludes halogenated alkanes) is 2. The van der Waals surface area contributed by atoms with Gasteiger partial charge >= 0.3 is 0 Å². The highest BCUT2D eigenvalue weighted by Crippen LogP contribution is 2.26. The van der Waals surface area contributed by atoms with E-state index in [0.29, 0.717) is 0 Å². The second-order valence-corrected chi connectivity index (χ2v) is 4.96. The molecule has 0 saturated heterocycles. The summed E-state index contributed by atoms with van der Waals surface area (Å²) in [7, 11) is 2.15. The molecule has 2 heterocycles. The van der Waals surface area contributed by atoms with Crippen molar-refractivity contribution in [3.05, 3.63) is 17.8 Å². The summed E-state index contributed by atoms with van der Waals surface area (Å²) in [5, 5.41) is 7.28. The molecule has 0 aromatic carbocycles. The van der Waals surface area contributed by atoms with Crippen LogP contribution in [0.2, 0.25) is 0 Å². The summed E-state index contributed by atoms with van der Waals surface area (Å²) in [6, 6.07) is 0. The summed E-state index contributed by atoms with van der Waals surface area (Å²) < 4.78 is 5.31. The molecule has 18 heavy (non-hydrogen) atoms. The fourth-order valence-corrected chi connectivity index (χ4v) is 2.26. The van der Waals surface area contributed by atoms with Crippen LogP contribution in [0.3, 0.4) is 0 Å². The summed E-state index contributed by atoms with van der Waals surface area (Å²) >= 11 is 0. The third-order valence-corrected chi connectivity index (χ3v) is 3.32. The first kappa shape index (κ1) is 13.1. The molecule has 0 unspecified atom stereocenters. The largest absolute Gasteiger partial charge is 0.354 e. The summed E-state index contributed by atoms with van der Waals surface area (Å²) in [5.41, 5.74) is 2.45. The zero-order valence-electron chi connectivity index (χ0n) is 11.4. The van der Waals surface area contributed by atoms with Gasteiger partial charge in [-0.25, -0.2) is 0 Å². The molecule has 4 heteroatoms. The van der Waals surface area contributed by atoms with Gasteiger partial charge in [-0.05, 0) is 25.5 Å². The third-order valence-electron chi connectivity index (χ3n) is 3.32. The highest BCUT2D eigenvalue weighted by molar-refractivity contribution is 5.74. The van der Waals surface area contributed by atoms with Gasteiger partial charge in [-0.1, -0.05) is 31.0 Å². The van der Waals surface area contributed by atoms with Crippen LogP contribution in [0.5, 0.6) is 0 Å². The second-order valence-electron chi connectivity index (χ2n) is 4.96. The minimum absolute atomic E-state index is 0.827. The van der Waals surface area contributed by atoms with Crippen molar-refractivity contribution in [2.24, 2.45) is 0 Å². The van der Waals surface area contributed by atoms with Crippen molar-refractivity contribution in [2.45, 2.75) is 32.6 Å². The predicted molar refractivity (Wildman–Crippen MR) is 74.6 cm³/mol. The van der Waals surface area contributed by atoms with Crippen molar-refractivity contribution in [1.82, 2.24) is 10.1 Å². The van der Waals surface area contributed by atoms with Gasteiger partial charge in [-0.15, -0.1) is 0 Å². The van der Waals surface area contributed by atoms with Gasteiger partial charge in [0.1, 0.15) is 0 Å². The molecule has 0 aliphatic carbocycles. The topological polar surface area (TPSA) is 41.3 Å². The Morgan fingerprint density at radius 2 is 2.33 bits per heavy atom. The number of aromatic nitrogens is 1. The first-order valence-corrected chi connectivity index (χ1v) is 6.87. The molecule has 0 amide bonds. The average molecular weight is 249 g/mol. The van der Waals surface area contributed by atoms with Gasteiger partial charge < -0.3 is 14.7 Å². The molecule has 4 nitrogen and oxygen atoms in total. The Labute approximate surface area is 109 Å². The SMILES string of the molecule is CCCCCNc1oncc1C1=CCCN(C)C1. The molecule has 100 valence electrons. The number of nitrogens with zero attached hydrogens (tertiary/aromatic N) is 2. The van der Waals surface area contributed by atoms with Gasteiger partial charge in [0.2, 0.25) is 5.88 Å². The van der Waals surface area contributed by atoms with Crippen LogP contribution in [0.4, 0.5) is 5.88 Å². The number of nitrogens with one attached hydrogen (secondary N) is 1. The molecule has 1 aliphatic rings. The van der Waals surface area contributed by atoms with E-state index >= 15 is 0 Å². The molecule has 0 atom stereocenters. The molecular formula is C14H23N3O. The standard InChI is InChI=1S/C14H23N3O/c1-3-4-5-8-15-14-13(10-16-18-14)12-7-6-9-17(2)11-12/h7,10,15H,3-6,8-9,11H2,1-2H3. The number of hydrogen-bond donors (Lipinski definition) is 1. The molecule has 0 fully saturated rings. The monoisotopic (exact) mass is 249 g/mol. The van der Waals surface area contributed by atoms with Gasteiger partial charge in [0.05, 0.1) is 11.8 Å². The number of anilines is 1. The van der Waals surface area contributed by atoms with E-state index < -0.39 is 0 Å². The van der Waals surface area contributed by atoms with E-state index in [4.69, 9.17) is 4.52 Å². The first-order valence-electron chi connectivity index (χ1n) is 6.87. The van der Waals surface area contributed by atoms with Crippen LogP contribution in [-0.2, 0) is 0 Å². The summed E-state index contributed by atoms with van der Waals surface area (Å²) in [4.78, 5) is 2.32. The Balaban J connectivity index is 1.96. The lowest BCUT2D eigenvalue weighted by atomic mass is 10.0. The fraction of sp³-hybridized carbons (Fsp3) is 0.643. The van der Waals surface area contributed by atoms with Crippen LogP contribution in [0.25, 0.3) is 5.57 Å². The lowest BCUT2D eigenvalue weighted by Crippen LogP contribution is -2.25. The highest BCUT2D eigenvalue weighted by atomic mass is 16.5. The van der Waals surface area contributed by atoms with E-state index in [-0.39, 0.29) is 0 Å². The lowest BCUT2D eigenvalue weighted by Gasteiger charge is -2.22. The molecular weight excluding hydrogens is 226 g/mol. The molecule has 0 bridgehead atoms. The van der Waals surface area contributed by atoms with Crippen LogP contribution < -0.4 is 5.32 Å². The second kappa shape index (κ2) is 6.59. The quantitative estimate of drug-likeness (QED) is 0.787. The molecule has 0 spiro atoms. The Kier molecular flexibility index (Phi) is 4.81. The molecule has 1 aromatic heterocycles. The highest BCUT2D eigenvalue weighted by Gasteiger charge is 2.16. The van der Waals surface area contributed by atoms with Crippen molar-refractivity contribution >= 4 is 11.5 Å². The average Bonchev–Trinajstić information content (AvgIpc) is 2.83. The Bertz CT molecular complexity index is 397. The maximum absolute atomic E-state index is 5.31. The van der Waals surface area contributed by atoms with Crippen LogP contribution >= 0.6 is 0 Å². The maximum Gasteiger partial charge on any atom is 0.232 e. The Morgan fingerprint density at radius 1 is 1.44 bits per heavy atom. The minimum Gasteiger partial charge on any atom is -0.354 e. The van der Waals surface area contributed by atoms with E-state index in [0.717, 1.165) is 37.5 Å². The summed E-state index contributed by atoms with van der Waals surface area (Å²) in [5.74, 6) is 0.827. The number of rotatable bonds is 6. The van der Waals surface area contributed by atoms with Crippen LogP contribution in [0, 0.1) is 0 Å². The number of hydrogen-bond acceptors (Lipinski definition) is 4. The van der Waals surface area contributed by atoms with E-state index in [9.17, 15) is 0 Å². The van der Waals surface area contributed by atoms with E-state index in [1.807, 2.05) is 6.20 Å². The lowest BCUT2D eigenvalue weighted by molar-refractivity contribution is 0.372. The van der Waals surface area contributed by atoms with Gasteiger partial charge in [-0.3, -0.25) is 0 Å². The van der Waals surface area contributed by atoms with Crippen molar-refractivity contribution in [1.29, 1.82) is 0 Å². The number of likely N-dealkylation sites (N-methyl/N-ethyl adjacent to an activating group) is 1. The maximum atomic E-state index is 5.31. The van der Waals surface area contributed by atoms with Gasteiger partial charge in [0.15, 0.2) is 0 Å². The zero-order chi connectivity index (χ0) is 12.8. The molecule has 0 radical (unpaired) electrons. The van der Waals surface area contributed by atoms with E-state index in [2.05, 4.69) is 35.4 Å². The normalized spacial score (nSPS) is 16.7. The van der Waals surface area contributed by atoms with Crippen LogP contribution in [0.15, 0.2) is 16.8 Å². The Morgan fingerprint density at radius 3 is 3.11 bits per heavy atom. The predicted octanol–water partition coefficient (Wildman–Crippen LogP) is 3.00. The molecule has 1 aliphatic heterocycles. The Hall–Kier alpha value is -1.29. The van der Waals surface area contributed by atoms with Crippen LogP contribution in [-0.4, -0.2) is 36.7 Å². The van der Waals surface area contributed by atoms with Crippen molar-refractivity contribution in [3.8, 4) is 0 Å². The molecule has 2 rings (SSSR count). The van der Waals surface area contributed by atoms with E-state index in [1.165, 1.54) is 24.8 Å². The minimum atomic E-state index is 0.827. The van der Waals surface area contributed by atoms with Crippen molar-refractivity contribution in [3.63, 3.8) is 0 Å². The smallest absolute Gasteiger partial charge is 0.232 e. The van der Waals surface area contributed by atoms with Crippen molar-refractivity contribution < 1.29 is 4.52 Å². The summed E-state index contributed by atoms with van der Waals surface area (Å²) in [6.45, 7) is 5.28. The van der Waals surface area contributed by atoms with Crippen molar-refractivity contribution in [2.75, 3.05) is 32.0 Å². The first-order chi connectivity index (χ1) is 8.81. The summed E-state index contributed by atoms with van der Waals surface area (Å²) in [6.07, 6.45) is 8.89. The van der Waals surface area contributed by atoms with Crippen LogP contribution in [0.1, 0.15) is 38.2 Å². The van der Waals surface area contributed by atoms with Gasteiger partial charge in [0.25, 0.3) is 0 Å². The molecule has 1 N–H and O–H groups in total. The fourth-order valence-electron chi connectivity index (χ4n) is 2.26. The van der Waals surface area contributed by atoms with Gasteiger partial charge in [0, 0.05) is 19.6 Å². The molecule has 1 aromatic rings. The third kappa shape index (κ3) is 3.35. The zero-order valence-corrected chi connectivity index (χ0v) is 11.4.